The van der Waals surface area contributed by atoms with E-state index in [1.54, 1.807) is 23.8 Å². The van der Waals surface area contributed by atoms with Crippen molar-refractivity contribution in [3.63, 3.8) is 0 Å². The Bertz CT molecular complexity index is 1660. The fourth-order valence-corrected chi connectivity index (χ4v) is 4.61. The average molecular weight is 541 g/mol. The maximum atomic E-state index is 13.5. The number of pyridine rings is 2. The molecule has 4 aromatic rings. The first kappa shape index (κ1) is 26.6. The number of hydrogen-bond acceptors (Lipinski definition) is 5. The van der Waals surface area contributed by atoms with Crippen molar-refractivity contribution in [3.05, 3.63) is 85.2 Å². The van der Waals surface area contributed by atoms with Crippen LogP contribution < -0.4 is 11.0 Å². The fourth-order valence-electron chi connectivity index (χ4n) is 4.12. The number of carbonyl (C=O) groups excluding carboxylic acids is 2. The number of carbonyl (C=O) groups is 2. The summed E-state index contributed by atoms with van der Waals surface area (Å²) in [5.41, 5.74) is 1.46. The molecule has 10 heteroatoms. The quantitative estimate of drug-likeness (QED) is 0.178. The normalized spacial score (nSPS) is 11.9. The number of rotatable bonds is 7. The largest absolute Gasteiger partial charge is 0.462 e. The second-order valence-electron chi connectivity index (χ2n) is 8.54. The van der Waals surface area contributed by atoms with Gasteiger partial charge >= 0.3 is 5.97 Å². The molecule has 3 aromatic heterocycles. The minimum Gasteiger partial charge on any atom is -0.462 e. The molecule has 0 radical (unpaired) electrons. The van der Waals surface area contributed by atoms with E-state index in [9.17, 15) is 14.4 Å². The molecule has 0 atom stereocenters. The number of ether oxygens (including phenoxy) is 1. The van der Waals surface area contributed by atoms with Crippen LogP contribution in [0.3, 0.4) is 0 Å². The summed E-state index contributed by atoms with van der Waals surface area (Å²) in [5, 5.41) is 0.731. The van der Waals surface area contributed by atoms with Crippen molar-refractivity contribution in [3.8, 4) is 0 Å². The van der Waals surface area contributed by atoms with Gasteiger partial charge < -0.3 is 9.30 Å². The number of hydrogen-bond donors (Lipinski definition) is 0. The molecule has 0 fully saturated rings. The highest BCUT2D eigenvalue weighted by atomic mass is 35.5. The molecule has 0 N–H and O–H groups in total. The van der Waals surface area contributed by atoms with Gasteiger partial charge in [-0.1, -0.05) is 49.0 Å². The predicted octanol–water partition coefficient (Wildman–Crippen LogP) is 5.37. The van der Waals surface area contributed by atoms with E-state index in [0.717, 1.165) is 24.8 Å². The van der Waals surface area contributed by atoms with Crippen LogP contribution in [-0.2, 0) is 11.3 Å². The molecule has 1 amide bonds. The molecular formula is C27H26Cl2N4O4. The first-order valence-electron chi connectivity index (χ1n) is 12.0. The van der Waals surface area contributed by atoms with Crippen LogP contribution in [0.15, 0.2) is 52.4 Å². The van der Waals surface area contributed by atoms with Gasteiger partial charge in [-0.25, -0.2) is 9.78 Å². The lowest BCUT2D eigenvalue weighted by Crippen LogP contribution is -2.33. The topological polar surface area (TPSA) is 95.0 Å². The van der Waals surface area contributed by atoms with Gasteiger partial charge in [0.15, 0.2) is 5.49 Å². The second kappa shape index (κ2) is 11.3. The molecule has 0 saturated heterocycles. The Morgan fingerprint density at radius 3 is 2.54 bits per heavy atom. The number of aromatic nitrogens is 3. The molecule has 0 unspecified atom stereocenters. The number of benzene rings is 1. The Balaban J connectivity index is 2.12. The lowest BCUT2D eigenvalue weighted by molar-refractivity contribution is 0.0523. The number of fused-ring (bicyclic) bond motifs is 2. The van der Waals surface area contributed by atoms with E-state index < -0.39 is 11.9 Å². The van der Waals surface area contributed by atoms with E-state index in [-0.39, 0.29) is 39.2 Å². The summed E-state index contributed by atoms with van der Waals surface area (Å²) >= 11 is 12.3. The summed E-state index contributed by atoms with van der Waals surface area (Å²) in [4.78, 5) is 49.0. The number of esters is 1. The highest BCUT2D eigenvalue weighted by Gasteiger charge is 2.21. The van der Waals surface area contributed by atoms with Crippen molar-refractivity contribution in [2.45, 2.75) is 46.6 Å². The molecule has 37 heavy (non-hydrogen) atoms. The van der Waals surface area contributed by atoms with Crippen LogP contribution >= 0.6 is 23.2 Å². The van der Waals surface area contributed by atoms with Crippen LogP contribution in [0.25, 0.3) is 16.7 Å². The van der Waals surface area contributed by atoms with Crippen LogP contribution in [0.5, 0.6) is 0 Å². The van der Waals surface area contributed by atoms with Crippen LogP contribution in [0.1, 0.15) is 59.4 Å². The van der Waals surface area contributed by atoms with E-state index >= 15 is 0 Å². The van der Waals surface area contributed by atoms with E-state index in [4.69, 9.17) is 32.9 Å². The molecule has 1 aromatic carbocycles. The monoisotopic (exact) mass is 540 g/mol. The third kappa shape index (κ3) is 5.31. The molecule has 0 aliphatic heterocycles. The molecule has 8 nitrogen and oxygen atoms in total. The third-order valence-corrected chi connectivity index (χ3v) is 6.50. The molecule has 0 aliphatic carbocycles. The summed E-state index contributed by atoms with van der Waals surface area (Å²) in [5.74, 6) is -1.36. The van der Waals surface area contributed by atoms with Gasteiger partial charge in [0.25, 0.3) is 11.5 Å². The zero-order chi connectivity index (χ0) is 26.7. The molecule has 3 heterocycles. The van der Waals surface area contributed by atoms with Gasteiger partial charge in [0.05, 0.1) is 22.6 Å². The van der Waals surface area contributed by atoms with Gasteiger partial charge in [-0.3, -0.25) is 14.0 Å². The van der Waals surface area contributed by atoms with Crippen LogP contribution in [0.4, 0.5) is 0 Å². The average Bonchev–Trinajstić information content (AvgIpc) is 2.86. The number of amides is 1. The molecule has 0 aliphatic rings. The van der Waals surface area contributed by atoms with Crippen molar-refractivity contribution in [2.75, 3.05) is 6.61 Å². The highest BCUT2D eigenvalue weighted by molar-refractivity contribution is 6.36. The number of nitrogens with zero attached hydrogens (tertiary/aromatic N) is 4. The Morgan fingerprint density at radius 2 is 1.84 bits per heavy atom. The molecular weight excluding hydrogens is 515 g/mol. The maximum absolute atomic E-state index is 13.5. The van der Waals surface area contributed by atoms with Gasteiger partial charge in [0.2, 0.25) is 0 Å². The second-order valence-corrected chi connectivity index (χ2v) is 9.38. The number of aryl methyl sites for hydroxylation is 2. The highest BCUT2D eigenvalue weighted by Crippen LogP contribution is 2.22. The van der Waals surface area contributed by atoms with Crippen molar-refractivity contribution >= 4 is 51.8 Å². The molecule has 0 saturated carbocycles. The summed E-state index contributed by atoms with van der Waals surface area (Å²) in [6, 6.07) is 9.49. The lowest BCUT2D eigenvalue weighted by Gasteiger charge is -2.15. The van der Waals surface area contributed by atoms with Crippen LogP contribution in [-0.4, -0.2) is 32.4 Å². The zero-order valence-electron chi connectivity index (χ0n) is 20.8. The van der Waals surface area contributed by atoms with E-state index in [0.29, 0.717) is 22.9 Å². The van der Waals surface area contributed by atoms with Crippen LogP contribution in [0.2, 0.25) is 10.0 Å². The van der Waals surface area contributed by atoms with E-state index in [1.807, 2.05) is 13.0 Å². The first-order chi connectivity index (χ1) is 17.8. The predicted molar refractivity (Wildman–Crippen MR) is 144 cm³/mol. The summed E-state index contributed by atoms with van der Waals surface area (Å²) in [6.45, 7) is 6.09. The van der Waals surface area contributed by atoms with Gasteiger partial charge in [-0.05, 0) is 56.2 Å². The summed E-state index contributed by atoms with van der Waals surface area (Å²) < 4.78 is 8.38. The van der Waals surface area contributed by atoms with Gasteiger partial charge in [0.1, 0.15) is 16.9 Å². The first-order valence-corrected chi connectivity index (χ1v) is 12.8. The van der Waals surface area contributed by atoms with Gasteiger partial charge in [-0.15, -0.1) is 0 Å². The SMILES string of the molecule is CCCCCn1c(=NC(=O)c2ccc(Cl)cc2Cl)c(C(=O)OCC)cc2c(=O)n3cccc(C)c3nc21. The molecule has 4 rings (SSSR count). The van der Waals surface area contributed by atoms with Crippen molar-refractivity contribution < 1.29 is 14.3 Å². The minimum atomic E-state index is -0.698. The van der Waals surface area contributed by atoms with Crippen molar-refractivity contribution in [1.82, 2.24) is 14.0 Å². The van der Waals surface area contributed by atoms with E-state index in [2.05, 4.69) is 11.9 Å². The standard InChI is InChI=1S/C27H26Cl2N4O4/c1-4-6-7-12-32-23-19(26(35)33-13-8-9-16(3)22(33)30-23)15-20(27(36)37-5-2)24(32)31-25(34)18-11-10-17(28)14-21(18)29/h8-11,13-15H,4-7,12H2,1-3H3. The van der Waals surface area contributed by atoms with Crippen LogP contribution in [0, 0.1) is 6.92 Å². The lowest BCUT2D eigenvalue weighted by atomic mass is 10.1. The van der Waals surface area contributed by atoms with Crippen molar-refractivity contribution in [2.24, 2.45) is 4.99 Å². The number of halogens is 2. The van der Waals surface area contributed by atoms with Crippen molar-refractivity contribution in [1.29, 1.82) is 0 Å². The third-order valence-electron chi connectivity index (χ3n) is 5.95. The Labute approximate surface area is 223 Å². The number of unbranched alkanes of at least 4 members (excludes halogenated alkanes) is 2. The van der Waals surface area contributed by atoms with Gasteiger partial charge in [-0.2, -0.15) is 4.99 Å². The van der Waals surface area contributed by atoms with E-state index in [1.165, 1.54) is 28.7 Å². The summed E-state index contributed by atoms with van der Waals surface area (Å²) in [7, 11) is 0. The van der Waals surface area contributed by atoms with Gasteiger partial charge in [0, 0.05) is 17.8 Å². The molecule has 192 valence electrons. The smallest absolute Gasteiger partial charge is 0.341 e. The molecule has 0 bridgehead atoms. The minimum absolute atomic E-state index is 0.00390. The Morgan fingerprint density at radius 1 is 1.05 bits per heavy atom. The fraction of sp³-hybridized carbons (Fsp3) is 0.296. The maximum Gasteiger partial charge on any atom is 0.341 e. The zero-order valence-corrected chi connectivity index (χ0v) is 22.3. The Kier molecular flexibility index (Phi) is 8.10. The summed E-state index contributed by atoms with van der Waals surface area (Å²) in [6.07, 6.45) is 4.18. The Hall–Kier alpha value is -3.49. The molecule has 0 spiro atoms.